The zero-order valence-corrected chi connectivity index (χ0v) is 11.7. The Labute approximate surface area is 121 Å². The van der Waals surface area contributed by atoms with Crippen LogP contribution in [0.3, 0.4) is 0 Å². The van der Waals surface area contributed by atoms with Crippen LogP contribution in [0, 0.1) is 10.1 Å². The first kappa shape index (κ1) is 14.7. The molecular weight excluding hydrogens is 274 g/mol. The fraction of sp³-hybridized carbons (Fsp3) is 0.214. The van der Waals surface area contributed by atoms with Crippen LogP contribution in [0.4, 0.5) is 5.69 Å². The molecule has 0 aliphatic carbocycles. The Hall–Kier alpha value is -2.67. The topological polar surface area (TPSA) is 86.5 Å². The Morgan fingerprint density at radius 2 is 2.14 bits per heavy atom. The first-order valence-corrected chi connectivity index (χ1v) is 6.24. The van der Waals surface area contributed by atoms with E-state index in [2.05, 4.69) is 10.3 Å². The van der Waals surface area contributed by atoms with Crippen molar-refractivity contribution in [1.82, 2.24) is 10.3 Å². The highest BCUT2D eigenvalue weighted by atomic mass is 16.6. The van der Waals surface area contributed by atoms with E-state index in [1.54, 1.807) is 12.3 Å². The molecule has 0 aliphatic heterocycles. The van der Waals surface area contributed by atoms with Crippen LogP contribution in [0.25, 0.3) is 0 Å². The number of pyridine rings is 1. The molecule has 0 atom stereocenters. The van der Waals surface area contributed by atoms with Crippen molar-refractivity contribution in [3.63, 3.8) is 0 Å². The number of methoxy groups -OCH3 is 1. The predicted octanol–water partition coefficient (Wildman–Crippen LogP) is 2.51. The first-order chi connectivity index (χ1) is 10.1. The quantitative estimate of drug-likeness (QED) is 0.649. The molecule has 0 saturated heterocycles. The summed E-state index contributed by atoms with van der Waals surface area (Å²) in [6.45, 7) is 0.687. The van der Waals surface area contributed by atoms with Crippen molar-refractivity contribution in [2.75, 3.05) is 14.2 Å². The molecule has 1 heterocycles. The van der Waals surface area contributed by atoms with E-state index in [1.165, 1.54) is 25.3 Å². The van der Waals surface area contributed by atoms with Gasteiger partial charge in [0.15, 0.2) is 0 Å². The number of nitrogens with zero attached hydrogens (tertiary/aromatic N) is 2. The van der Waals surface area contributed by atoms with E-state index < -0.39 is 4.92 Å². The van der Waals surface area contributed by atoms with Crippen molar-refractivity contribution in [3.05, 3.63) is 52.2 Å². The number of rotatable bonds is 6. The number of nitrogens with one attached hydrogen (secondary N) is 1. The van der Waals surface area contributed by atoms with Gasteiger partial charge in [0.05, 0.1) is 12.0 Å². The minimum Gasteiger partial charge on any atom is -0.497 e. The van der Waals surface area contributed by atoms with Crippen molar-refractivity contribution < 1.29 is 14.4 Å². The SMILES string of the molecule is CNCc1ccc(Oc2cc(OC)ccc2[N+](=O)[O-])nc1. The molecule has 0 fully saturated rings. The van der Waals surface area contributed by atoms with Gasteiger partial charge in [0.1, 0.15) is 5.75 Å². The number of benzene rings is 1. The second-order valence-corrected chi connectivity index (χ2v) is 4.23. The molecule has 0 radical (unpaired) electrons. The Morgan fingerprint density at radius 3 is 2.71 bits per heavy atom. The lowest BCUT2D eigenvalue weighted by Gasteiger charge is -2.08. The highest BCUT2D eigenvalue weighted by Crippen LogP contribution is 2.33. The largest absolute Gasteiger partial charge is 0.497 e. The predicted molar refractivity (Wildman–Crippen MR) is 76.7 cm³/mol. The third-order valence-electron chi connectivity index (χ3n) is 2.76. The third-order valence-corrected chi connectivity index (χ3v) is 2.76. The van der Waals surface area contributed by atoms with E-state index in [9.17, 15) is 10.1 Å². The highest BCUT2D eigenvalue weighted by Gasteiger charge is 2.17. The van der Waals surface area contributed by atoms with Gasteiger partial charge in [0.25, 0.3) is 0 Å². The van der Waals surface area contributed by atoms with Gasteiger partial charge in [0.2, 0.25) is 11.6 Å². The highest BCUT2D eigenvalue weighted by molar-refractivity contribution is 5.51. The molecule has 2 rings (SSSR count). The van der Waals surface area contributed by atoms with Crippen LogP contribution >= 0.6 is 0 Å². The number of nitro benzene ring substituents is 1. The fourth-order valence-corrected chi connectivity index (χ4v) is 1.75. The van der Waals surface area contributed by atoms with Crippen LogP contribution in [0.5, 0.6) is 17.4 Å². The molecule has 7 heteroatoms. The van der Waals surface area contributed by atoms with E-state index in [1.807, 2.05) is 13.1 Å². The van der Waals surface area contributed by atoms with Gasteiger partial charge in [0, 0.05) is 30.9 Å². The summed E-state index contributed by atoms with van der Waals surface area (Å²) in [7, 11) is 3.32. The molecule has 1 aromatic carbocycles. The van der Waals surface area contributed by atoms with Crippen LogP contribution in [0.15, 0.2) is 36.5 Å². The zero-order chi connectivity index (χ0) is 15.2. The van der Waals surface area contributed by atoms with Gasteiger partial charge in [-0.3, -0.25) is 10.1 Å². The molecule has 0 bridgehead atoms. The second kappa shape index (κ2) is 6.67. The maximum absolute atomic E-state index is 11.0. The molecule has 0 aliphatic rings. The smallest absolute Gasteiger partial charge is 0.311 e. The van der Waals surface area contributed by atoms with Crippen molar-refractivity contribution in [3.8, 4) is 17.4 Å². The van der Waals surface area contributed by atoms with Crippen LogP contribution in [0.1, 0.15) is 5.56 Å². The van der Waals surface area contributed by atoms with Crippen molar-refractivity contribution >= 4 is 5.69 Å². The standard InChI is InChI=1S/C14H15N3O4/c1-15-8-10-3-6-14(16-9-10)21-13-7-11(20-2)4-5-12(13)17(18)19/h3-7,9,15H,8H2,1-2H3. The summed E-state index contributed by atoms with van der Waals surface area (Å²) in [6, 6.07) is 7.81. The molecule has 0 saturated carbocycles. The minimum absolute atomic E-state index is 0.0909. The lowest BCUT2D eigenvalue weighted by atomic mass is 10.2. The maximum atomic E-state index is 11.0. The summed E-state index contributed by atoms with van der Waals surface area (Å²) < 4.78 is 10.5. The fourth-order valence-electron chi connectivity index (χ4n) is 1.75. The Morgan fingerprint density at radius 1 is 1.33 bits per heavy atom. The lowest BCUT2D eigenvalue weighted by Crippen LogP contribution is -2.05. The lowest BCUT2D eigenvalue weighted by molar-refractivity contribution is -0.385. The van der Waals surface area contributed by atoms with E-state index in [0.717, 1.165) is 5.56 Å². The Bertz CT molecular complexity index is 629. The molecule has 21 heavy (non-hydrogen) atoms. The van der Waals surface area contributed by atoms with Gasteiger partial charge in [-0.2, -0.15) is 0 Å². The van der Waals surface area contributed by atoms with Gasteiger partial charge in [-0.15, -0.1) is 0 Å². The van der Waals surface area contributed by atoms with Crippen LogP contribution < -0.4 is 14.8 Å². The van der Waals surface area contributed by atoms with E-state index >= 15 is 0 Å². The molecule has 2 aromatic rings. The molecule has 1 aromatic heterocycles. The average Bonchev–Trinajstić information content (AvgIpc) is 2.49. The normalized spacial score (nSPS) is 10.2. The monoisotopic (exact) mass is 289 g/mol. The minimum atomic E-state index is -0.510. The van der Waals surface area contributed by atoms with E-state index in [0.29, 0.717) is 12.3 Å². The molecule has 0 unspecified atom stereocenters. The van der Waals surface area contributed by atoms with Crippen molar-refractivity contribution in [2.45, 2.75) is 6.54 Å². The molecule has 110 valence electrons. The summed E-state index contributed by atoms with van der Waals surface area (Å²) in [5.41, 5.74) is 0.849. The van der Waals surface area contributed by atoms with Gasteiger partial charge < -0.3 is 14.8 Å². The van der Waals surface area contributed by atoms with Crippen LogP contribution in [0.2, 0.25) is 0 Å². The molecule has 7 nitrogen and oxygen atoms in total. The van der Waals surface area contributed by atoms with Crippen LogP contribution in [-0.2, 0) is 6.54 Å². The molecule has 0 amide bonds. The van der Waals surface area contributed by atoms with E-state index in [-0.39, 0.29) is 17.3 Å². The van der Waals surface area contributed by atoms with Gasteiger partial charge in [-0.05, 0) is 18.7 Å². The van der Waals surface area contributed by atoms with Gasteiger partial charge in [-0.25, -0.2) is 4.98 Å². The summed E-state index contributed by atoms with van der Waals surface area (Å²) in [6.07, 6.45) is 1.65. The number of nitro groups is 1. The Balaban J connectivity index is 2.26. The number of hydrogen-bond donors (Lipinski definition) is 1. The number of aromatic nitrogens is 1. The summed E-state index contributed by atoms with van der Waals surface area (Å²) in [5, 5.41) is 14.0. The number of ether oxygens (including phenoxy) is 2. The second-order valence-electron chi connectivity index (χ2n) is 4.23. The van der Waals surface area contributed by atoms with Crippen molar-refractivity contribution in [2.24, 2.45) is 0 Å². The van der Waals surface area contributed by atoms with E-state index in [4.69, 9.17) is 9.47 Å². The Kier molecular flexibility index (Phi) is 4.68. The van der Waals surface area contributed by atoms with Crippen molar-refractivity contribution in [1.29, 1.82) is 0 Å². The summed E-state index contributed by atoms with van der Waals surface area (Å²) >= 11 is 0. The van der Waals surface area contributed by atoms with Gasteiger partial charge in [-0.1, -0.05) is 6.07 Å². The molecular formula is C14H15N3O4. The zero-order valence-electron chi connectivity index (χ0n) is 11.7. The third kappa shape index (κ3) is 3.67. The van der Waals surface area contributed by atoms with Gasteiger partial charge >= 0.3 is 5.69 Å². The molecule has 0 spiro atoms. The number of hydrogen-bond acceptors (Lipinski definition) is 6. The maximum Gasteiger partial charge on any atom is 0.311 e. The summed E-state index contributed by atoms with van der Waals surface area (Å²) in [4.78, 5) is 14.6. The average molecular weight is 289 g/mol. The van der Waals surface area contributed by atoms with Crippen LogP contribution in [-0.4, -0.2) is 24.1 Å². The first-order valence-electron chi connectivity index (χ1n) is 6.24. The summed E-state index contributed by atoms with van der Waals surface area (Å²) in [5.74, 6) is 0.849. The molecule has 1 N–H and O–H groups in total.